The molecule has 1 aliphatic heterocycles. The molecule has 1 fully saturated rings. The zero-order valence-electron chi connectivity index (χ0n) is 9.39. The Bertz CT molecular complexity index is 334. The Morgan fingerprint density at radius 3 is 2.75 bits per heavy atom. The van der Waals surface area contributed by atoms with Crippen LogP contribution in [0.4, 0.5) is 0 Å². The van der Waals surface area contributed by atoms with Crippen molar-refractivity contribution in [1.82, 2.24) is 5.32 Å². The van der Waals surface area contributed by atoms with E-state index in [0.717, 1.165) is 37.9 Å². The van der Waals surface area contributed by atoms with Crippen LogP contribution in [0.1, 0.15) is 30.9 Å². The maximum Gasteiger partial charge on any atom is 0.115 e. The molecule has 1 heterocycles. The smallest absolute Gasteiger partial charge is 0.115 e. The molecule has 0 aromatic heterocycles. The first-order valence-electron chi connectivity index (χ1n) is 5.93. The summed E-state index contributed by atoms with van der Waals surface area (Å²) in [6.07, 6.45) is 2.62. The van der Waals surface area contributed by atoms with Crippen molar-refractivity contribution in [2.75, 3.05) is 13.1 Å². The lowest BCUT2D eigenvalue weighted by molar-refractivity contribution is 0.133. The predicted molar refractivity (Wildman–Crippen MR) is 63.3 cm³/mol. The molecule has 1 atom stereocenters. The number of aromatic hydroxyl groups is 1. The minimum atomic E-state index is -0.449. The van der Waals surface area contributed by atoms with E-state index >= 15 is 0 Å². The Labute approximate surface area is 96.1 Å². The number of rotatable bonds is 3. The highest BCUT2D eigenvalue weighted by molar-refractivity contribution is 5.28. The number of hydrogen-bond acceptors (Lipinski definition) is 3. The summed E-state index contributed by atoms with van der Waals surface area (Å²) in [4.78, 5) is 0. The minimum Gasteiger partial charge on any atom is -0.508 e. The summed E-state index contributed by atoms with van der Waals surface area (Å²) < 4.78 is 0. The van der Waals surface area contributed by atoms with Gasteiger partial charge in [0.15, 0.2) is 0 Å². The molecule has 2 rings (SSSR count). The lowest BCUT2D eigenvalue weighted by atomic mass is 9.90. The third-order valence-electron chi connectivity index (χ3n) is 3.27. The van der Waals surface area contributed by atoms with Gasteiger partial charge in [-0.2, -0.15) is 0 Å². The van der Waals surface area contributed by atoms with E-state index in [-0.39, 0.29) is 5.75 Å². The minimum absolute atomic E-state index is 0.224. The van der Waals surface area contributed by atoms with Crippen molar-refractivity contribution in [1.29, 1.82) is 0 Å². The first-order valence-corrected chi connectivity index (χ1v) is 5.93. The second kappa shape index (κ2) is 5.32. The van der Waals surface area contributed by atoms with Crippen LogP contribution in [0.5, 0.6) is 5.75 Å². The fourth-order valence-corrected chi connectivity index (χ4v) is 2.30. The van der Waals surface area contributed by atoms with Crippen molar-refractivity contribution in [2.45, 2.75) is 25.4 Å². The first-order chi connectivity index (χ1) is 7.75. The molecule has 16 heavy (non-hydrogen) atoms. The molecule has 3 nitrogen and oxygen atoms in total. The Kier molecular flexibility index (Phi) is 3.80. The van der Waals surface area contributed by atoms with Gasteiger partial charge >= 0.3 is 0 Å². The number of phenolic OH excluding ortho intramolecular Hbond substituents is 1. The van der Waals surface area contributed by atoms with Crippen LogP contribution in [0.25, 0.3) is 0 Å². The van der Waals surface area contributed by atoms with Crippen LogP contribution in [0.2, 0.25) is 0 Å². The number of nitrogens with one attached hydrogen (secondary N) is 1. The van der Waals surface area contributed by atoms with E-state index in [1.165, 1.54) is 0 Å². The van der Waals surface area contributed by atoms with Crippen molar-refractivity contribution < 1.29 is 10.2 Å². The summed E-state index contributed by atoms with van der Waals surface area (Å²) in [7, 11) is 0. The van der Waals surface area contributed by atoms with Gasteiger partial charge in [0.1, 0.15) is 5.75 Å². The second-order valence-electron chi connectivity index (χ2n) is 4.54. The Morgan fingerprint density at radius 1 is 1.31 bits per heavy atom. The molecule has 0 bridgehead atoms. The molecule has 3 heteroatoms. The Hall–Kier alpha value is -1.06. The molecule has 0 amide bonds. The molecule has 1 unspecified atom stereocenters. The Balaban J connectivity index is 1.94. The van der Waals surface area contributed by atoms with Crippen molar-refractivity contribution in [3.63, 3.8) is 0 Å². The molecular formula is C13H19NO2. The summed E-state index contributed by atoms with van der Waals surface area (Å²) >= 11 is 0. The predicted octanol–water partition coefficient (Wildman–Crippen LogP) is 1.82. The van der Waals surface area contributed by atoms with Crippen LogP contribution < -0.4 is 5.32 Å². The van der Waals surface area contributed by atoms with E-state index < -0.39 is 6.10 Å². The van der Waals surface area contributed by atoms with Gasteiger partial charge in [-0.1, -0.05) is 12.1 Å². The zero-order valence-corrected chi connectivity index (χ0v) is 9.39. The highest BCUT2D eigenvalue weighted by Crippen LogP contribution is 2.27. The molecule has 1 aromatic carbocycles. The molecule has 1 aliphatic rings. The third-order valence-corrected chi connectivity index (χ3v) is 3.27. The molecule has 0 saturated carbocycles. The zero-order chi connectivity index (χ0) is 11.4. The summed E-state index contributed by atoms with van der Waals surface area (Å²) in [5.74, 6) is 0.820. The average Bonchev–Trinajstić information content (AvgIpc) is 2.30. The Morgan fingerprint density at radius 2 is 2.06 bits per heavy atom. The fraction of sp³-hybridized carbons (Fsp3) is 0.538. The summed E-state index contributed by atoms with van der Waals surface area (Å²) in [5, 5.41) is 22.7. The maximum absolute atomic E-state index is 10.1. The van der Waals surface area contributed by atoms with Gasteiger partial charge in [-0.15, -0.1) is 0 Å². The maximum atomic E-state index is 10.1. The van der Waals surface area contributed by atoms with Gasteiger partial charge in [0.05, 0.1) is 6.10 Å². The van der Waals surface area contributed by atoms with Gasteiger partial charge in [-0.25, -0.2) is 0 Å². The van der Waals surface area contributed by atoms with Gasteiger partial charge in [-0.3, -0.25) is 0 Å². The number of phenols is 1. The van der Waals surface area contributed by atoms with Gasteiger partial charge in [0.25, 0.3) is 0 Å². The van der Waals surface area contributed by atoms with E-state index in [4.69, 9.17) is 0 Å². The van der Waals surface area contributed by atoms with Crippen LogP contribution in [0, 0.1) is 5.92 Å². The second-order valence-corrected chi connectivity index (χ2v) is 4.54. The van der Waals surface area contributed by atoms with Crippen LogP contribution in [0.15, 0.2) is 24.3 Å². The molecular weight excluding hydrogens is 202 g/mol. The largest absolute Gasteiger partial charge is 0.508 e. The topological polar surface area (TPSA) is 52.5 Å². The van der Waals surface area contributed by atoms with Crippen LogP contribution in [-0.4, -0.2) is 23.3 Å². The van der Waals surface area contributed by atoms with Gasteiger partial charge in [0.2, 0.25) is 0 Å². The number of piperidine rings is 1. The molecule has 3 N–H and O–H groups in total. The molecule has 0 radical (unpaired) electrons. The third kappa shape index (κ3) is 2.97. The van der Waals surface area contributed by atoms with E-state index in [2.05, 4.69) is 5.32 Å². The number of aliphatic hydroxyl groups is 1. The lowest BCUT2D eigenvalue weighted by Gasteiger charge is -2.24. The van der Waals surface area contributed by atoms with Crippen molar-refractivity contribution in [3.8, 4) is 5.75 Å². The van der Waals surface area contributed by atoms with Crippen LogP contribution in [-0.2, 0) is 0 Å². The summed E-state index contributed by atoms with van der Waals surface area (Å²) in [6, 6.07) is 6.91. The normalized spacial score (nSPS) is 19.6. The van der Waals surface area contributed by atoms with Gasteiger partial charge in [-0.05, 0) is 56.0 Å². The SMILES string of the molecule is Oc1cccc(C(O)CC2CCNCC2)c1. The van der Waals surface area contributed by atoms with E-state index in [0.29, 0.717) is 5.92 Å². The molecule has 1 saturated heterocycles. The van der Waals surface area contributed by atoms with Crippen molar-refractivity contribution >= 4 is 0 Å². The number of benzene rings is 1. The molecule has 0 spiro atoms. The number of hydrogen-bond donors (Lipinski definition) is 3. The van der Waals surface area contributed by atoms with Crippen LogP contribution in [0.3, 0.4) is 0 Å². The highest BCUT2D eigenvalue weighted by Gasteiger charge is 2.18. The van der Waals surface area contributed by atoms with Gasteiger partial charge in [0, 0.05) is 0 Å². The van der Waals surface area contributed by atoms with E-state index in [1.54, 1.807) is 18.2 Å². The highest BCUT2D eigenvalue weighted by atomic mass is 16.3. The van der Waals surface area contributed by atoms with Crippen molar-refractivity contribution in [3.05, 3.63) is 29.8 Å². The molecule has 0 aliphatic carbocycles. The lowest BCUT2D eigenvalue weighted by Crippen LogP contribution is -2.28. The molecule has 88 valence electrons. The summed E-state index contributed by atoms with van der Waals surface area (Å²) in [6.45, 7) is 2.11. The fourth-order valence-electron chi connectivity index (χ4n) is 2.30. The number of aliphatic hydroxyl groups excluding tert-OH is 1. The van der Waals surface area contributed by atoms with E-state index in [1.807, 2.05) is 6.07 Å². The monoisotopic (exact) mass is 221 g/mol. The van der Waals surface area contributed by atoms with Crippen LogP contribution >= 0.6 is 0 Å². The van der Waals surface area contributed by atoms with Gasteiger partial charge < -0.3 is 15.5 Å². The molecule has 1 aromatic rings. The summed E-state index contributed by atoms with van der Waals surface area (Å²) in [5.41, 5.74) is 0.818. The van der Waals surface area contributed by atoms with E-state index in [9.17, 15) is 10.2 Å². The standard InChI is InChI=1S/C13H19NO2/c15-12-3-1-2-11(9-12)13(16)8-10-4-6-14-7-5-10/h1-3,9-10,13-16H,4-8H2. The first kappa shape index (κ1) is 11.4. The van der Waals surface area contributed by atoms with Crippen molar-refractivity contribution in [2.24, 2.45) is 5.92 Å². The quantitative estimate of drug-likeness (QED) is 0.729. The average molecular weight is 221 g/mol.